The van der Waals surface area contributed by atoms with Gasteiger partial charge in [0.05, 0.1) is 11.2 Å². The van der Waals surface area contributed by atoms with Gasteiger partial charge in [-0.2, -0.15) is 0 Å². The SMILES string of the molecule is Cc1ccc(-c2nc(-c3ccccc3)c3ccccc3n2)cc1.Cc1ccc(-c2nc(-c3ccccc3)nc(-c3ccc(-c4ccccc4)cc3)n2)cc1.Cc1cccc(-c2nc(-c3ccccc3)nc(-c3ccc(-c4ccccc4)cc3)n2)c1.Cc1nc(-c2ccc(-c3ccccc3)cc2)nc(-c2ccc(-c3ccccc3)cc2)n1.Cc1nc(-c2ccccc2)nc(-c2ccc(-c3ccccc3)cc2)n1. The van der Waals surface area contributed by atoms with Crippen LogP contribution in [0.1, 0.15) is 28.3 Å². The van der Waals surface area contributed by atoms with E-state index < -0.39 is 0 Å². The molecule has 0 atom stereocenters. The molecule has 23 aromatic rings. The van der Waals surface area contributed by atoms with Crippen molar-refractivity contribution in [3.63, 3.8) is 0 Å². The van der Waals surface area contributed by atoms with Gasteiger partial charge in [-0.25, -0.2) is 69.8 Å². The van der Waals surface area contributed by atoms with Gasteiger partial charge in [0.25, 0.3) is 0 Å². The summed E-state index contributed by atoms with van der Waals surface area (Å²) in [5.74, 6) is 9.02. The van der Waals surface area contributed by atoms with E-state index in [9.17, 15) is 0 Å². The molecular weight excluding hydrogens is 1720 g/mol. The van der Waals surface area contributed by atoms with Gasteiger partial charge in [0.15, 0.2) is 64.1 Å². The Balaban J connectivity index is 0.000000113. The summed E-state index contributed by atoms with van der Waals surface area (Å²) in [6, 6.07) is 167. The monoisotopic (exact) mass is 1820 g/mol. The van der Waals surface area contributed by atoms with Crippen molar-refractivity contribution < 1.29 is 0 Å². The summed E-state index contributed by atoms with van der Waals surface area (Å²) in [6.07, 6.45) is 0. The molecule has 18 aromatic carbocycles. The number of hydrogen-bond acceptors (Lipinski definition) is 14. The van der Waals surface area contributed by atoms with Crippen LogP contribution < -0.4 is 0 Å². The average Bonchev–Trinajstić information content (AvgIpc) is 0.785. The van der Waals surface area contributed by atoms with Crippen molar-refractivity contribution >= 4 is 10.9 Å². The number of hydrogen-bond donors (Lipinski definition) is 0. The Hall–Kier alpha value is -18.7. The number of nitrogens with zero attached hydrogens (tertiary/aromatic N) is 14. The normalized spacial score (nSPS) is 10.7. The number of fused-ring (bicyclic) bond motifs is 1. The highest BCUT2D eigenvalue weighted by atomic mass is 15.1. The first kappa shape index (κ1) is 91.5. The number of para-hydroxylation sites is 1. The van der Waals surface area contributed by atoms with Crippen LogP contribution in [0.2, 0.25) is 0 Å². The molecule has 674 valence electrons. The van der Waals surface area contributed by atoms with Gasteiger partial charge in [-0.15, -0.1) is 0 Å². The van der Waals surface area contributed by atoms with Crippen LogP contribution in [0.25, 0.3) is 203 Å². The van der Waals surface area contributed by atoms with Crippen molar-refractivity contribution in [2.24, 2.45) is 0 Å². The second kappa shape index (κ2) is 44.2. The number of aromatic nitrogens is 14. The lowest BCUT2D eigenvalue weighted by atomic mass is 10.0. The summed E-state index contributed by atoms with van der Waals surface area (Å²) < 4.78 is 0. The Bertz CT molecular complexity index is 7970. The van der Waals surface area contributed by atoms with Crippen molar-refractivity contribution in [2.45, 2.75) is 34.6 Å². The van der Waals surface area contributed by atoms with Gasteiger partial charge in [-0.1, -0.05) is 496 Å². The van der Waals surface area contributed by atoms with E-state index in [1.165, 1.54) is 72.3 Å². The van der Waals surface area contributed by atoms with Crippen LogP contribution in [0.4, 0.5) is 0 Å². The molecule has 0 saturated heterocycles. The van der Waals surface area contributed by atoms with Gasteiger partial charge in [-0.3, -0.25) is 0 Å². The maximum absolute atomic E-state index is 4.86. The molecule has 0 unspecified atom stereocenters. The molecule has 0 aliphatic rings. The van der Waals surface area contributed by atoms with Crippen LogP contribution in [-0.2, 0) is 0 Å². The Morgan fingerprint density at radius 1 is 0.113 bits per heavy atom. The fraction of sp³-hybridized carbons (Fsp3) is 0.0394. The molecule has 23 rings (SSSR count). The smallest absolute Gasteiger partial charge is 0.164 e. The molecule has 0 spiro atoms. The Morgan fingerprint density at radius 3 is 0.546 bits per heavy atom. The van der Waals surface area contributed by atoms with Gasteiger partial charge in [0.1, 0.15) is 11.6 Å². The van der Waals surface area contributed by atoms with Crippen molar-refractivity contribution in [2.75, 3.05) is 0 Å². The van der Waals surface area contributed by atoms with Crippen LogP contribution in [-0.4, -0.2) is 69.8 Å². The minimum Gasteiger partial charge on any atom is -0.228 e. The summed E-state index contributed by atoms with van der Waals surface area (Å²) in [4.78, 5) is 65.9. The largest absolute Gasteiger partial charge is 0.228 e. The van der Waals surface area contributed by atoms with Crippen LogP contribution in [0.15, 0.2) is 491 Å². The molecule has 0 saturated carbocycles. The molecule has 5 aromatic heterocycles. The highest BCUT2D eigenvalue weighted by Gasteiger charge is 2.19. The fourth-order valence-electron chi connectivity index (χ4n) is 16.2. The first-order valence-corrected chi connectivity index (χ1v) is 46.9. The lowest BCUT2D eigenvalue weighted by Crippen LogP contribution is -2.00. The first-order valence-electron chi connectivity index (χ1n) is 46.9. The molecule has 0 fully saturated rings. The summed E-state index contributed by atoms with van der Waals surface area (Å²) >= 11 is 0. The first-order chi connectivity index (χ1) is 69.4. The van der Waals surface area contributed by atoms with Crippen LogP contribution in [0.5, 0.6) is 0 Å². The Labute approximate surface area is 821 Å². The zero-order valence-electron chi connectivity index (χ0n) is 78.5. The van der Waals surface area contributed by atoms with Crippen molar-refractivity contribution in [1.29, 1.82) is 0 Å². The average molecular weight is 1820 g/mol. The molecule has 0 N–H and O–H groups in total. The van der Waals surface area contributed by atoms with Gasteiger partial charge in [-0.05, 0) is 102 Å². The summed E-state index contributed by atoms with van der Waals surface area (Å²) in [7, 11) is 0. The van der Waals surface area contributed by atoms with Crippen molar-refractivity contribution in [1.82, 2.24) is 69.8 Å². The molecule has 0 radical (unpaired) electrons. The van der Waals surface area contributed by atoms with Gasteiger partial charge < -0.3 is 0 Å². The van der Waals surface area contributed by atoms with E-state index >= 15 is 0 Å². The maximum Gasteiger partial charge on any atom is 0.164 e. The zero-order valence-corrected chi connectivity index (χ0v) is 78.5. The Morgan fingerprint density at radius 2 is 0.291 bits per heavy atom. The van der Waals surface area contributed by atoms with Crippen molar-refractivity contribution in [3.8, 4) is 192 Å². The zero-order chi connectivity index (χ0) is 95.8. The minimum absolute atomic E-state index is 0.670. The van der Waals surface area contributed by atoms with E-state index in [0.717, 1.165) is 95.0 Å². The summed E-state index contributed by atoms with van der Waals surface area (Å²) in [5, 5.41) is 1.08. The molecule has 0 amide bonds. The van der Waals surface area contributed by atoms with E-state index in [4.69, 9.17) is 44.9 Å². The predicted octanol–water partition coefficient (Wildman–Crippen LogP) is 31.0. The molecular formula is C127H96N14. The third-order valence-electron chi connectivity index (χ3n) is 23.7. The van der Waals surface area contributed by atoms with Crippen LogP contribution in [0.3, 0.4) is 0 Å². The third-order valence-corrected chi connectivity index (χ3v) is 23.7. The van der Waals surface area contributed by atoms with Crippen molar-refractivity contribution in [3.05, 3.63) is 520 Å². The lowest BCUT2D eigenvalue weighted by Gasteiger charge is -2.09. The lowest BCUT2D eigenvalue weighted by molar-refractivity contribution is 0.991. The van der Waals surface area contributed by atoms with E-state index in [1.54, 1.807) is 0 Å². The van der Waals surface area contributed by atoms with E-state index in [-0.39, 0.29) is 0 Å². The maximum atomic E-state index is 4.86. The second-order valence-corrected chi connectivity index (χ2v) is 33.9. The number of aryl methyl sites for hydroxylation is 5. The van der Waals surface area contributed by atoms with Crippen LogP contribution >= 0.6 is 0 Å². The van der Waals surface area contributed by atoms with E-state index in [2.05, 4.69) is 331 Å². The summed E-state index contributed by atoms with van der Waals surface area (Å²) in [6.45, 7) is 10.0. The Kier molecular flexibility index (Phi) is 28.7. The predicted molar refractivity (Wildman–Crippen MR) is 575 cm³/mol. The standard InChI is InChI=1S/3C28H21N3.C22H17N3.C21H16N2/c1-20-9-8-14-25(19-20)28-30-26(23-12-6-3-7-13-23)29-27(31-28)24-17-15-22(16-18-24)21-10-4-2-5-11-21;1-20-29-27(25-16-12-23(13-17-25)21-8-4-2-5-9-21)31-28(30-20)26-18-14-24(15-19-26)22-10-6-3-7-11-22;1-20-12-14-24(15-13-20)27-29-26(23-10-6-3-7-11-23)30-28(31-27)25-18-16-22(17-19-25)21-8-4-2-5-9-21;1-16-23-21(19-10-6-3-7-11-19)25-22(24-16)20-14-12-18(13-15-20)17-8-4-2-5-9-17;1-15-11-13-17(14-12-15)21-22-19-10-6-5-9-18(19)20(23-21)16-7-3-2-4-8-16/h3*2-19H,1H3;2-15H,1H3;2-14H,1H3. The number of benzene rings is 18. The quantitative estimate of drug-likeness (QED) is 0.0840. The van der Waals surface area contributed by atoms with Gasteiger partial charge >= 0.3 is 0 Å². The van der Waals surface area contributed by atoms with Gasteiger partial charge in [0, 0.05) is 72.1 Å². The highest BCUT2D eigenvalue weighted by Crippen LogP contribution is 2.36. The van der Waals surface area contributed by atoms with Crippen LogP contribution in [0, 0.1) is 34.6 Å². The molecule has 0 bridgehead atoms. The van der Waals surface area contributed by atoms with E-state index in [1.807, 2.05) is 220 Å². The highest BCUT2D eigenvalue weighted by molar-refractivity contribution is 5.94. The third kappa shape index (κ3) is 23.3. The molecule has 14 nitrogen and oxygen atoms in total. The topological polar surface area (TPSA) is 180 Å². The second-order valence-electron chi connectivity index (χ2n) is 33.9. The molecule has 0 aliphatic carbocycles. The summed E-state index contributed by atoms with van der Waals surface area (Å²) in [5.41, 5.74) is 29.3. The van der Waals surface area contributed by atoms with E-state index in [0.29, 0.717) is 64.1 Å². The molecule has 5 heterocycles. The molecule has 14 heteroatoms. The van der Waals surface area contributed by atoms with Gasteiger partial charge in [0.2, 0.25) is 0 Å². The fourth-order valence-corrected chi connectivity index (χ4v) is 16.2. The number of rotatable bonds is 17. The minimum atomic E-state index is 0.670. The molecule has 0 aliphatic heterocycles. The molecule has 141 heavy (non-hydrogen) atoms.